The highest BCUT2D eigenvalue weighted by Gasteiger charge is 2.11. The Labute approximate surface area is 113 Å². The molecule has 1 rings (SSSR count). The molecule has 98 valence electrons. The second-order valence-corrected chi connectivity index (χ2v) is 4.55. The zero-order valence-electron chi connectivity index (χ0n) is 9.90. The van der Waals surface area contributed by atoms with E-state index in [0.29, 0.717) is 29.6 Å². The number of methoxy groups -OCH3 is 1. The summed E-state index contributed by atoms with van der Waals surface area (Å²) in [4.78, 5) is 22.6. The number of amides is 1. The SMILES string of the molecule is COCCCNC(=O)c1cc(Br)cc(C(=O)O)c1. The van der Waals surface area contributed by atoms with Crippen LogP contribution in [0.4, 0.5) is 0 Å². The molecule has 6 heteroatoms. The molecule has 0 aliphatic carbocycles. The van der Waals surface area contributed by atoms with Crippen molar-refractivity contribution in [3.63, 3.8) is 0 Å². The summed E-state index contributed by atoms with van der Waals surface area (Å²) in [5, 5.41) is 11.6. The molecule has 2 N–H and O–H groups in total. The fourth-order valence-corrected chi connectivity index (χ4v) is 1.86. The smallest absolute Gasteiger partial charge is 0.335 e. The molecule has 0 unspecified atom stereocenters. The van der Waals surface area contributed by atoms with E-state index >= 15 is 0 Å². The lowest BCUT2D eigenvalue weighted by Crippen LogP contribution is -2.25. The zero-order chi connectivity index (χ0) is 13.5. The summed E-state index contributed by atoms with van der Waals surface area (Å²) in [6.07, 6.45) is 0.710. The maximum absolute atomic E-state index is 11.8. The number of nitrogens with one attached hydrogen (secondary N) is 1. The molecule has 0 saturated carbocycles. The molecule has 1 aromatic carbocycles. The van der Waals surface area contributed by atoms with E-state index in [1.165, 1.54) is 12.1 Å². The Morgan fingerprint density at radius 3 is 2.61 bits per heavy atom. The third-order valence-corrected chi connectivity index (χ3v) is 2.68. The Morgan fingerprint density at radius 2 is 2.00 bits per heavy atom. The highest BCUT2D eigenvalue weighted by molar-refractivity contribution is 9.10. The van der Waals surface area contributed by atoms with Crippen molar-refractivity contribution >= 4 is 27.8 Å². The minimum atomic E-state index is -1.07. The van der Waals surface area contributed by atoms with Gasteiger partial charge in [-0.3, -0.25) is 4.79 Å². The van der Waals surface area contributed by atoms with Crippen molar-refractivity contribution < 1.29 is 19.4 Å². The van der Waals surface area contributed by atoms with Crippen molar-refractivity contribution in [1.29, 1.82) is 0 Å². The standard InChI is InChI=1S/C12H14BrNO4/c1-18-4-2-3-14-11(15)8-5-9(12(16)17)7-10(13)6-8/h5-7H,2-4H2,1H3,(H,14,15)(H,16,17). The lowest BCUT2D eigenvalue weighted by atomic mass is 10.1. The van der Waals surface area contributed by atoms with Gasteiger partial charge in [0.05, 0.1) is 5.56 Å². The fraction of sp³-hybridized carbons (Fsp3) is 0.333. The van der Waals surface area contributed by atoms with Crippen LogP contribution in [-0.2, 0) is 4.74 Å². The number of carboxylic acid groups (broad SMARTS) is 1. The molecule has 0 radical (unpaired) electrons. The minimum Gasteiger partial charge on any atom is -0.478 e. The number of hydrogen-bond acceptors (Lipinski definition) is 3. The number of carboxylic acids is 1. The van der Waals surface area contributed by atoms with E-state index in [-0.39, 0.29) is 11.5 Å². The van der Waals surface area contributed by atoms with E-state index in [0.717, 1.165) is 0 Å². The van der Waals surface area contributed by atoms with Gasteiger partial charge in [0.2, 0.25) is 0 Å². The van der Waals surface area contributed by atoms with Crippen LogP contribution in [0.2, 0.25) is 0 Å². The molecule has 0 heterocycles. The second kappa shape index (κ2) is 7.13. The molecule has 0 atom stereocenters. The van der Waals surface area contributed by atoms with Gasteiger partial charge in [-0.1, -0.05) is 15.9 Å². The molecule has 18 heavy (non-hydrogen) atoms. The topological polar surface area (TPSA) is 75.6 Å². The highest BCUT2D eigenvalue weighted by Crippen LogP contribution is 2.16. The molecule has 0 aliphatic rings. The summed E-state index contributed by atoms with van der Waals surface area (Å²) in [6.45, 7) is 1.06. The Bertz CT molecular complexity index is 448. The molecule has 0 saturated heterocycles. The predicted octanol–water partition coefficient (Wildman–Crippen LogP) is 1.91. The van der Waals surface area contributed by atoms with Crippen LogP contribution >= 0.6 is 15.9 Å². The summed E-state index contributed by atoms with van der Waals surface area (Å²) in [6, 6.07) is 4.38. The maximum atomic E-state index is 11.8. The van der Waals surface area contributed by atoms with Gasteiger partial charge in [0.15, 0.2) is 0 Å². The third-order valence-electron chi connectivity index (χ3n) is 2.22. The van der Waals surface area contributed by atoms with Crippen LogP contribution in [0.3, 0.4) is 0 Å². The number of halogens is 1. The van der Waals surface area contributed by atoms with Crippen LogP contribution in [0.25, 0.3) is 0 Å². The van der Waals surface area contributed by atoms with Gasteiger partial charge < -0.3 is 15.2 Å². The van der Waals surface area contributed by atoms with Crippen molar-refractivity contribution in [1.82, 2.24) is 5.32 Å². The second-order valence-electron chi connectivity index (χ2n) is 3.64. The van der Waals surface area contributed by atoms with Crippen molar-refractivity contribution in [2.24, 2.45) is 0 Å². The fourth-order valence-electron chi connectivity index (χ4n) is 1.36. The van der Waals surface area contributed by atoms with E-state index in [4.69, 9.17) is 9.84 Å². The van der Waals surface area contributed by atoms with Gasteiger partial charge in [-0.2, -0.15) is 0 Å². The Hall–Kier alpha value is -1.40. The number of carbonyl (C=O) groups excluding carboxylic acids is 1. The lowest BCUT2D eigenvalue weighted by Gasteiger charge is -2.06. The van der Waals surface area contributed by atoms with Crippen LogP contribution < -0.4 is 5.32 Å². The molecule has 1 aromatic rings. The Balaban J connectivity index is 2.70. The first-order valence-electron chi connectivity index (χ1n) is 5.35. The highest BCUT2D eigenvalue weighted by atomic mass is 79.9. The molecule has 0 bridgehead atoms. The first kappa shape index (κ1) is 14.7. The first-order valence-corrected chi connectivity index (χ1v) is 6.15. The molecule has 0 aliphatic heterocycles. The summed E-state index contributed by atoms with van der Waals surface area (Å²) in [5.74, 6) is -1.36. The Morgan fingerprint density at radius 1 is 1.33 bits per heavy atom. The van der Waals surface area contributed by atoms with Crippen LogP contribution in [0.15, 0.2) is 22.7 Å². The van der Waals surface area contributed by atoms with Crippen LogP contribution in [0.5, 0.6) is 0 Å². The number of carbonyl (C=O) groups is 2. The third kappa shape index (κ3) is 4.46. The summed E-state index contributed by atoms with van der Waals surface area (Å²) < 4.78 is 5.42. The normalized spacial score (nSPS) is 10.1. The molecule has 1 amide bonds. The number of rotatable bonds is 6. The number of aromatic carboxylic acids is 1. The van der Waals surface area contributed by atoms with E-state index in [9.17, 15) is 9.59 Å². The molecular formula is C12H14BrNO4. The Kier molecular flexibility index (Phi) is 5.80. The zero-order valence-corrected chi connectivity index (χ0v) is 11.5. The van der Waals surface area contributed by atoms with Crippen molar-refractivity contribution in [2.75, 3.05) is 20.3 Å². The van der Waals surface area contributed by atoms with Gasteiger partial charge in [0.25, 0.3) is 5.91 Å². The van der Waals surface area contributed by atoms with E-state index in [1.54, 1.807) is 13.2 Å². The number of hydrogen-bond donors (Lipinski definition) is 2. The quantitative estimate of drug-likeness (QED) is 0.786. The van der Waals surface area contributed by atoms with Gasteiger partial charge >= 0.3 is 5.97 Å². The van der Waals surface area contributed by atoms with Gasteiger partial charge in [0, 0.05) is 30.3 Å². The van der Waals surface area contributed by atoms with Crippen LogP contribution in [0, 0.1) is 0 Å². The van der Waals surface area contributed by atoms with E-state index in [2.05, 4.69) is 21.2 Å². The molecule has 5 nitrogen and oxygen atoms in total. The van der Waals surface area contributed by atoms with Crippen LogP contribution in [-0.4, -0.2) is 37.2 Å². The van der Waals surface area contributed by atoms with Gasteiger partial charge in [-0.25, -0.2) is 4.79 Å². The van der Waals surface area contributed by atoms with Crippen molar-refractivity contribution in [2.45, 2.75) is 6.42 Å². The largest absolute Gasteiger partial charge is 0.478 e. The average Bonchev–Trinajstić information content (AvgIpc) is 2.33. The van der Waals surface area contributed by atoms with Crippen molar-refractivity contribution in [3.8, 4) is 0 Å². The molecule has 0 fully saturated rings. The van der Waals surface area contributed by atoms with Gasteiger partial charge in [-0.05, 0) is 24.6 Å². The summed E-state index contributed by atoms with van der Waals surface area (Å²) in [7, 11) is 1.59. The number of ether oxygens (including phenoxy) is 1. The molecule has 0 spiro atoms. The average molecular weight is 316 g/mol. The summed E-state index contributed by atoms with van der Waals surface area (Å²) in [5.41, 5.74) is 0.394. The maximum Gasteiger partial charge on any atom is 0.335 e. The van der Waals surface area contributed by atoms with Gasteiger partial charge in [0.1, 0.15) is 0 Å². The van der Waals surface area contributed by atoms with Crippen LogP contribution in [0.1, 0.15) is 27.1 Å². The molecular weight excluding hydrogens is 302 g/mol. The summed E-state index contributed by atoms with van der Waals surface area (Å²) >= 11 is 3.18. The van der Waals surface area contributed by atoms with E-state index in [1.807, 2.05) is 0 Å². The number of benzene rings is 1. The minimum absolute atomic E-state index is 0.0754. The first-order chi connectivity index (χ1) is 8.54. The van der Waals surface area contributed by atoms with E-state index < -0.39 is 5.97 Å². The lowest BCUT2D eigenvalue weighted by molar-refractivity contribution is 0.0697. The monoisotopic (exact) mass is 315 g/mol. The predicted molar refractivity (Wildman–Crippen MR) is 69.9 cm³/mol. The van der Waals surface area contributed by atoms with Crippen molar-refractivity contribution in [3.05, 3.63) is 33.8 Å². The molecule has 0 aromatic heterocycles. The van der Waals surface area contributed by atoms with Gasteiger partial charge in [-0.15, -0.1) is 0 Å².